The number of hydrogen-bond acceptors (Lipinski definition) is 4. The Bertz CT molecular complexity index is 947. The Morgan fingerprint density at radius 2 is 1.81 bits per heavy atom. The molecule has 0 N–H and O–H groups in total. The molecule has 0 aliphatic carbocycles. The van der Waals surface area contributed by atoms with E-state index >= 15 is 0 Å². The molecule has 0 spiro atoms. The molecule has 4 rings (SSSR count). The lowest BCUT2D eigenvalue weighted by Crippen LogP contribution is -2.43. The average Bonchev–Trinajstić information content (AvgIpc) is 3.04. The number of benzene rings is 2. The quantitative estimate of drug-likeness (QED) is 0.712. The molecule has 1 atom stereocenters. The molecule has 1 saturated heterocycles. The molecule has 164 valence electrons. The van der Waals surface area contributed by atoms with Gasteiger partial charge in [0.2, 0.25) is 5.91 Å². The molecule has 0 aromatic heterocycles. The van der Waals surface area contributed by atoms with E-state index in [2.05, 4.69) is 0 Å². The molecule has 2 aromatic rings. The second-order valence-electron chi connectivity index (χ2n) is 7.97. The van der Waals surface area contributed by atoms with Crippen molar-refractivity contribution in [3.8, 4) is 11.5 Å². The van der Waals surface area contributed by atoms with E-state index in [1.165, 1.54) is 0 Å². The summed E-state index contributed by atoms with van der Waals surface area (Å²) in [5.41, 5.74) is 2.08. The zero-order valence-corrected chi connectivity index (χ0v) is 18.4. The fourth-order valence-corrected chi connectivity index (χ4v) is 4.34. The largest absolute Gasteiger partial charge is 0.497 e. The maximum absolute atomic E-state index is 13.0. The van der Waals surface area contributed by atoms with Crippen molar-refractivity contribution in [2.45, 2.75) is 31.8 Å². The van der Waals surface area contributed by atoms with Crippen LogP contribution >= 0.6 is 11.6 Å². The van der Waals surface area contributed by atoms with Gasteiger partial charge in [0.1, 0.15) is 11.5 Å². The molecule has 0 bridgehead atoms. The van der Waals surface area contributed by atoms with E-state index in [-0.39, 0.29) is 11.8 Å². The topological polar surface area (TPSA) is 59.1 Å². The number of aryl methyl sites for hydroxylation is 1. The smallest absolute Gasteiger partial charge is 0.264 e. The first-order valence-electron chi connectivity index (χ1n) is 10.7. The minimum absolute atomic E-state index is 0.0140. The van der Waals surface area contributed by atoms with Gasteiger partial charge in [0, 0.05) is 44.0 Å². The number of carbonyl (C=O) groups is 2. The summed E-state index contributed by atoms with van der Waals surface area (Å²) in [6, 6.07) is 13.2. The van der Waals surface area contributed by atoms with Gasteiger partial charge in [-0.25, -0.2) is 0 Å². The van der Waals surface area contributed by atoms with Crippen LogP contribution in [0.5, 0.6) is 11.5 Å². The van der Waals surface area contributed by atoms with Crippen LogP contribution in [0.3, 0.4) is 0 Å². The average molecular weight is 443 g/mol. The SMILES string of the molecule is COc1ccc(CCC(=O)N2CCCN(C(=O)C3Cc4cc(Cl)ccc4O3)CC2)cc1. The van der Waals surface area contributed by atoms with E-state index in [0.29, 0.717) is 50.5 Å². The van der Waals surface area contributed by atoms with Crippen molar-refractivity contribution < 1.29 is 19.1 Å². The first kappa shape index (κ1) is 21.5. The van der Waals surface area contributed by atoms with Crippen LogP contribution < -0.4 is 9.47 Å². The first-order valence-corrected chi connectivity index (χ1v) is 11.1. The monoisotopic (exact) mass is 442 g/mol. The van der Waals surface area contributed by atoms with Gasteiger partial charge in [0.15, 0.2) is 6.10 Å². The molecular formula is C24H27ClN2O4. The maximum Gasteiger partial charge on any atom is 0.264 e. The highest BCUT2D eigenvalue weighted by molar-refractivity contribution is 6.30. The third kappa shape index (κ3) is 5.13. The molecule has 7 heteroatoms. The molecule has 1 unspecified atom stereocenters. The molecular weight excluding hydrogens is 416 g/mol. The molecule has 0 radical (unpaired) electrons. The number of methoxy groups -OCH3 is 1. The molecule has 2 aliphatic rings. The van der Waals surface area contributed by atoms with Gasteiger partial charge < -0.3 is 19.3 Å². The molecule has 2 aromatic carbocycles. The summed E-state index contributed by atoms with van der Waals surface area (Å²) in [6.45, 7) is 2.40. The standard InChI is InChI=1S/C24H27ClN2O4/c1-30-20-7-3-17(4-8-20)5-10-23(28)26-11-2-12-27(14-13-26)24(29)22-16-18-15-19(25)6-9-21(18)31-22/h3-4,6-9,15,22H,2,5,10-14,16H2,1H3. The molecule has 0 saturated carbocycles. The lowest BCUT2D eigenvalue weighted by molar-refractivity contribution is -0.138. The van der Waals surface area contributed by atoms with E-state index in [4.69, 9.17) is 21.1 Å². The highest BCUT2D eigenvalue weighted by Gasteiger charge is 2.33. The van der Waals surface area contributed by atoms with Crippen molar-refractivity contribution >= 4 is 23.4 Å². The molecule has 6 nitrogen and oxygen atoms in total. The number of nitrogens with zero attached hydrogens (tertiary/aromatic N) is 2. The summed E-state index contributed by atoms with van der Waals surface area (Å²) in [5, 5.41) is 0.647. The number of rotatable bonds is 5. The zero-order chi connectivity index (χ0) is 21.8. The van der Waals surface area contributed by atoms with E-state index in [0.717, 1.165) is 29.0 Å². The Morgan fingerprint density at radius 3 is 2.58 bits per heavy atom. The Kier molecular flexibility index (Phi) is 6.66. The summed E-state index contributed by atoms with van der Waals surface area (Å²) < 4.78 is 11.0. The van der Waals surface area contributed by atoms with Crippen molar-refractivity contribution in [1.82, 2.24) is 9.80 Å². The third-order valence-electron chi connectivity index (χ3n) is 5.92. The van der Waals surface area contributed by atoms with Crippen LogP contribution in [0, 0.1) is 0 Å². The van der Waals surface area contributed by atoms with Crippen LogP contribution in [0.4, 0.5) is 0 Å². The summed E-state index contributed by atoms with van der Waals surface area (Å²) in [5.74, 6) is 1.65. The van der Waals surface area contributed by atoms with Gasteiger partial charge in [-0.3, -0.25) is 9.59 Å². The number of ether oxygens (including phenoxy) is 2. The summed E-state index contributed by atoms with van der Waals surface area (Å²) >= 11 is 6.05. The van der Waals surface area contributed by atoms with Gasteiger partial charge in [-0.2, -0.15) is 0 Å². The minimum atomic E-state index is -0.509. The third-order valence-corrected chi connectivity index (χ3v) is 6.15. The number of carbonyl (C=O) groups excluding carboxylic acids is 2. The van der Waals surface area contributed by atoms with Crippen molar-refractivity contribution in [2.75, 3.05) is 33.3 Å². The predicted molar refractivity (Wildman–Crippen MR) is 119 cm³/mol. The highest BCUT2D eigenvalue weighted by atomic mass is 35.5. The van der Waals surface area contributed by atoms with Gasteiger partial charge in [0.25, 0.3) is 5.91 Å². The van der Waals surface area contributed by atoms with Crippen molar-refractivity contribution in [3.63, 3.8) is 0 Å². The molecule has 1 fully saturated rings. The van der Waals surface area contributed by atoms with Crippen LogP contribution in [0.2, 0.25) is 5.02 Å². The maximum atomic E-state index is 13.0. The number of amides is 2. The Morgan fingerprint density at radius 1 is 1.06 bits per heavy atom. The van der Waals surface area contributed by atoms with Gasteiger partial charge in [-0.1, -0.05) is 23.7 Å². The summed E-state index contributed by atoms with van der Waals surface area (Å²) in [7, 11) is 1.64. The second-order valence-corrected chi connectivity index (χ2v) is 8.41. The Balaban J connectivity index is 1.27. The van der Waals surface area contributed by atoms with Crippen molar-refractivity contribution in [2.24, 2.45) is 0 Å². The van der Waals surface area contributed by atoms with E-state index in [1.807, 2.05) is 46.2 Å². The van der Waals surface area contributed by atoms with E-state index in [1.54, 1.807) is 13.2 Å². The van der Waals surface area contributed by atoms with Crippen LogP contribution in [-0.2, 0) is 22.4 Å². The molecule has 2 heterocycles. The number of fused-ring (bicyclic) bond motifs is 1. The van der Waals surface area contributed by atoms with Crippen LogP contribution in [0.15, 0.2) is 42.5 Å². The van der Waals surface area contributed by atoms with Gasteiger partial charge in [0.05, 0.1) is 7.11 Å². The fraction of sp³-hybridized carbons (Fsp3) is 0.417. The van der Waals surface area contributed by atoms with Gasteiger partial charge in [-0.05, 0) is 54.3 Å². The highest BCUT2D eigenvalue weighted by Crippen LogP contribution is 2.31. The summed E-state index contributed by atoms with van der Waals surface area (Å²) in [4.78, 5) is 29.4. The van der Waals surface area contributed by atoms with E-state index < -0.39 is 6.10 Å². The van der Waals surface area contributed by atoms with Crippen molar-refractivity contribution in [3.05, 3.63) is 58.6 Å². The van der Waals surface area contributed by atoms with Crippen LogP contribution in [-0.4, -0.2) is 61.0 Å². The van der Waals surface area contributed by atoms with Gasteiger partial charge in [-0.15, -0.1) is 0 Å². The molecule has 31 heavy (non-hydrogen) atoms. The van der Waals surface area contributed by atoms with Gasteiger partial charge >= 0.3 is 0 Å². The second kappa shape index (κ2) is 9.60. The Labute approximate surface area is 187 Å². The Hall–Kier alpha value is -2.73. The lowest BCUT2D eigenvalue weighted by Gasteiger charge is -2.24. The molecule has 2 amide bonds. The zero-order valence-electron chi connectivity index (χ0n) is 17.7. The fourth-order valence-electron chi connectivity index (χ4n) is 4.15. The van der Waals surface area contributed by atoms with E-state index in [9.17, 15) is 9.59 Å². The summed E-state index contributed by atoms with van der Waals surface area (Å²) in [6.07, 6.45) is 1.95. The number of hydrogen-bond donors (Lipinski definition) is 0. The van der Waals surface area contributed by atoms with Crippen LogP contribution in [0.1, 0.15) is 24.0 Å². The first-order chi connectivity index (χ1) is 15.0. The molecule has 2 aliphatic heterocycles. The van der Waals surface area contributed by atoms with Crippen molar-refractivity contribution in [1.29, 1.82) is 0 Å². The lowest BCUT2D eigenvalue weighted by atomic mass is 10.1. The predicted octanol–water partition coefficient (Wildman–Crippen LogP) is 3.35. The normalized spacial score (nSPS) is 18.2. The van der Waals surface area contributed by atoms with Crippen LogP contribution in [0.25, 0.3) is 0 Å². The number of halogens is 1. The minimum Gasteiger partial charge on any atom is -0.497 e.